The first-order chi connectivity index (χ1) is 23.5. The lowest BCUT2D eigenvalue weighted by Crippen LogP contribution is -2.59. The van der Waals surface area contributed by atoms with Gasteiger partial charge in [0.1, 0.15) is 0 Å². The Morgan fingerprint density at radius 1 is 1.00 bits per heavy atom. The minimum absolute atomic E-state index is 0.125. The van der Waals surface area contributed by atoms with E-state index in [2.05, 4.69) is 104 Å². The lowest BCUT2D eigenvalue weighted by atomic mass is 9.37. The van der Waals surface area contributed by atoms with Gasteiger partial charge in [-0.15, -0.1) is 6.58 Å². The molecule has 272 valence electrons. The molecular weight excluding hydrogens is 630 g/mol. The quantitative estimate of drug-likeness (QED) is 0.184. The van der Waals surface area contributed by atoms with Gasteiger partial charge < -0.3 is 5.32 Å². The Balaban J connectivity index is 1.21. The number of carbonyl (C=O) groups is 1. The van der Waals surface area contributed by atoms with Gasteiger partial charge >= 0.3 is 0 Å². The number of ketones is 1. The van der Waals surface area contributed by atoms with Crippen LogP contribution < -0.4 is 5.32 Å². The van der Waals surface area contributed by atoms with Gasteiger partial charge in [-0.05, 0) is 157 Å². The molecular formula is C47H66ClNO. The molecule has 0 saturated heterocycles. The van der Waals surface area contributed by atoms with Crippen molar-refractivity contribution in [3.63, 3.8) is 0 Å². The van der Waals surface area contributed by atoms with E-state index in [4.69, 9.17) is 11.6 Å². The topological polar surface area (TPSA) is 29.1 Å². The molecule has 0 radical (unpaired) electrons. The van der Waals surface area contributed by atoms with E-state index in [1.807, 2.05) is 12.1 Å². The SMILES string of the molecule is C=CC(C)(C)CC(=C)CC1CCC2(C)C(CCC3(C)C4CCC5(/C=C/C(=C)NCc6ccc(Cl)cc6)CC(=O)C(C(C)C)=C5C4CC[C@@H]32)C1C. The third kappa shape index (κ3) is 6.70. The second-order valence-electron chi connectivity index (χ2n) is 19.1. The van der Waals surface area contributed by atoms with Gasteiger partial charge in [0.2, 0.25) is 0 Å². The molecule has 1 N–H and O–H groups in total. The molecule has 3 heteroatoms. The van der Waals surface area contributed by atoms with Gasteiger partial charge in [0.25, 0.3) is 0 Å². The third-order valence-corrected chi connectivity index (χ3v) is 15.5. The normalized spacial score (nSPS) is 36.9. The molecule has 5 aliphatic carbocycles. The Bertz CT molecular complexity index is 1560. The van der Waals surface area contributed by atoms with Crippen molar-refractivity contribution in [2.75, 3.05) is 0 Å². The zero-order valence-corrected chi connectivity index (χ0v) is 33.2. The minimum Gasteiger partial charge on any atom is -0.381 e. The van der Waals surface area contributed by atoms with Gasteiger partial charge in [0, 0.05) is 29.1 Å². The Labute approximate surface area is 310 Å². The predicted octanol–water partition coefficient (Wildman–Crippen LogP) is 12.9. The van der Waals surface area contributed by atoms with Crippen LogP contribution in [0.3, 0.4) is 0 Å². The van der Waals surface area contributed by atoms with Crippen molar-refractivity contribution < 1.29 is 4.79 Å². The average Bonchev–Trinajstić information content (AvgIpc) is 3.37. The molecule has 1 aromatic rings. The maximum absolute atomic E-state index is 13.9. The number of allylic oxidation sites excluding steroid dienone is 6. The molecule has 0 amide bonds. The molecule has 4 saturated carbocycles. The number of hydrogen-bond acceptors (Lipinski definition) is 2. The standard InChI is InChI=1S/C47H66ClNO/c1-11-44(7,8)27-31(4)26-35-19-22-45(9)38(33(35)6)20-23-46(10)39-21-25-47(24-18-32(5)49-29-34-12-14-36(48)15-13-34)28-40(50)42(30(2)3)43(47)37(39)16-17-41(45)46/h11-15,18,24,30,33,35,37-39,41,49H,1,4-5,16-17,19-23,25-29H2,2-3,6-10H3/b24-18+/t33?,35?,37?,38?,39?,41-,45?,46?,47?/m1/s1. The first-order valence-corrected chi connectivity index (χ1v) is 20.4. The maximum Gasteiger partial charge on any atom is 0.160 e. The van der Waals surface area contributed by atoms with E-state index in [0.717, 1.165) is 47.2 Å². The van der Waals surface area contributed by atoms with E-state index in [-0.39, 0.29) is 16.7 Å². The van der Waals surface area contributed by atoms with Gasteiger partial charge in [-0.3, -0.25) is 4.79 Å². The summed E-state index contributed by atoms with van der Waals surface area (Å²) >= 11 is 6.10. The Morgan fingerprint density at radius 3 is 2.34 bits per heavy atom. The summed E-state index contributed by atoms with van der Waals surface area (Å²) in [6, 6.07) is 7.97. The second-order valence-corrected chi connectivity index (χ2v) is 19.5. The minimum atomic E-state index is -0.165. The fraction of sp³-hybridized carbons (Fsp3) is 0.638. The molecule has 1 aromatic carbocycles. The summed E-state index contributed by atoms with van der Waals surface area (Å²) in [5, 5.41) is 4.26. The van der Waals surface area contributed by atoms with Gasteiger partial charge in [-0.1, -0.05) is 103 Å². The first kappa shape index (κ1) is 37.4. The van der Waals surface area contributed by atoms with Gasteiger partial charge in [-0.2, -0.15) is 0 Å². The summed E-state index contributed by atoms with van der Waals surface area (Å²) in [7, 11) is 0. The lowest BCUT2D eigenvalue weighted by Gasteiger charge is -2.67. The second kappa shape index (κ2) is 13.9. The summed E-state index contributed by atoms with van der Waals surface area (Å²) in [6.45, 7) is 30.8. The highest BCUT2D eigenvalue weighted by Crippen LogP contribution is 2.72. The van der Waals surface area contributed by atoms with E-state index in [1.54, 1.807) is 0 Å². The van der Waals surface area contributed by atoms with Crippen molar-refractivity contribution in [1.82, 2.24) is 5.32 Å². The van der Waals surface area contributed by atoms with Crippen LogP contribution in [0.2, 0.25) is 5.02 Å². The van der Waals surface area contributed by atoms with Crippen LogP contribution in [0.4, 0.5) is 0 Å². The van der Waals surface area contributed by atoms with E-state index >= 15 is 0 Å². The van der Waals surface area contributed by atoms with Crippen LogP contribution in [0.15, 0.2) is 84.6 Å². The molecule has 0 spiro atoms. The third-order valence-electron chi connectivity index (χ3n) is 15.3. The van der Waals surface area contributed by atoms with Crippen molar-refractivity contribution in [2.45, 2.75) is 126 Å². The number of carbonyl (C=O) groups excluding carboxylic acids is 1. The molecule has 0 bridgehead atoms. The molecule has 5 aliphatic rings. The summed E-state index contributed by atoms with van der Waals surface area (Å²) in [5.74, 6) is 4.89. The van der Waals surface area contributed by atoms with E-state index < -0.39 is 0 Å². The van der Waals surface area contributed by atoms with Crippen LogP contribution in [0.5, 0.6) is 0 Å². The molecule has 6 rings (SSSR count). The van der Waals surface area contributed by atoms with E-state index in [1.165, 1.54) is 73.6 Å². The van der Waals surface area contributed by atoms with Crippen LogP contribution in [0, 0.1) is 63.1 Å². The molecule has 50 heavy (non-hydrogen) atoms. The van der Waals surface area contributed by atoms with Gasteiger partial charge in [0.05, 0.1) is 0 Å². The monoisotopic (exact) mass is 695 g/mol. The maximum atomic E-state index is 13.9. The number of Topliss-reactive ketones (excluding diaryl/α,β-unsaturated/α-hetero) is 1. The molecule has 9 atom stereocenters. The lowest BCUT2D eigenvalue weighted by molar-refractivity contribution is -0.169. The van der Waals surface area contributed by atoms with Crippen LogP contribution >= 0.6 is 11.6 Å². The fourth-order valence-corrected chi connectivity index (χ4v) is 13.0. The Kier molecular flexibility index (Phi) is 10.4. The van der Waals surface area contributed by atoms with Gasteiger partial charge in [-0.25, -0.2) is 0 Å². The highest BCUT2D eigenvalue weighted by atomic mass is 35.5. The Morgan fingerprint density at radius 2 is 1.66 bits per heavy atom. The van der Waals surface area contributed by atoms with Gasteiger partial charge in [0.15, 0.2) is 5.78 Å². The molecule has 4 fully saturated rings. The van der Waals surface area contributed by atoms with Crippen molar-refractivity contribution in [2.24, 2.45) is 63.1 Å². The van der Waals surface area contributed by atoms with Crippen LogP contribution in [0.25, 0.3) is 0 Å². The van der Waals surface area contributed by atoms with Crippen LogP contribution in [-0.4, -0.2) is 5.78 Å². The molecule has 8 unspecified atom stereocenters. The summed E-state index contributed by atoms with van der Waals surface area (Å²) in [6.07, 6.45) is 19.8. The fourth-order valence-electron chi connectivity index (χ4n) is 12.8. The van der Waals surface area contributed by atoms with Crippen molar-refractivity contribution >= 4 is 17.4 Å². The highest BCUT2D eigenvalue weighted by molar-refractivity contribution is 6.30. The van der Waals surface area contributed by atoms with Crippen molar-refractivity contribution in [3.8, 4) is 0 Å². The number of fused-ring (bicyclic) bond motifs is 7. The molecule has 0 heterocycles. The predicted molar refractivity (Wildman–Crippen MR) is 213 cm³/mol. The molecule has 0 aromatic heterocycles. The van der Waals surface area contributed by atoms with Crippen LogP contribution in [0.1, 0.15) is 125 Å². The zero-order valence-electron chi connectivity index (χ0n) is 32.5. The number of halogens is 1. The highest BCUT2D eigenvalue weighted by Gasteiger charge is 2.64. The molecule has 2 nitrogen and oxygen atoms in total. The largest absolute Gasteiger partial charge is 0.381 e. The zero-order chi connectivity index (χ0) is 36.2. The molecule has 0 aliphatic heterocycles. The first-order valence-electron chi connectivity index (χ1n) is 20.0. The van der Waals surface area contributed by atoms with Crippen molar-refractivity contribution in [1.29, 1.82) is 0 Å². The van der Waals surface area contributed by atoms with E-state index in [0.29, 0.717) is 41.4 Å². The number of rotatable bonds is 11. The summed E-state index contributed by atoms with van der Waals surface area (Å²) in [5.41, 5.74) is 6.88. The van der Waals surface area contributed by atoms with E-state index in [9.17, 15) is 4.79 Å². The average molecular weight is 697 g/mol. The smallest absolute Gasteiger partial charge is 0.160 e. The number of hydrogen-bond donors (Lipinski definition) is 1. The van der Waals surface area contributed by atoms with Crippen LogP contribution in [-0.2, 0) is 11.3 Å². The summed E-state index contributed by atoms with van der Waals surface area (Å²) in [4.78, 5) is 13.9. The number of benzene rings is 1. The summed E-state index contributed by atoms with van der Waals surface area (Å²) < 4.78 is 0. The van der Waals surface area contributed by atoms with Crippen molar-refractivity contribution in [3.05, 3.63) is 95.2 Å². The number of nitrogens with one attached hydrogen (secondary N) is 1. The Hall–Kier alpha value is -2.32.